The zero-order chi connectivity index (χ0) is 14.0. The highest BCUT2D eigenvalue weighted by Crippen LogP contribution is 2.25. The van der Waals surface area contributed by atoms with Crippen LogP contribution in [0.1, 0.15) is 30.4 Å². The minimum atomic E-state index is -0.373. The lowest BCUT2D eigenvalue weighted by Crippen LogP contribution is -2.11. The van der Waals surface area contributed by atoms with Crippen LogP contribution in [0.5, 0.6) is 0 Å². The van der Waals surface area contributed by atoms with Gasteiger partial charge in [0.2, 0.25) is 0 Å². The number of hydrogen-bond acceptors (Lipinski definition) is 2. The molecule has 0 bridgehead atoms. The fraction of sp³-hybridized carbons (Fsp3) is 0.267. The van der Waals surface area contributed by atoms with Crippen molar-refractivity contribution < 1.29 is 13.9 Å². The van der Waals surface area contributed by atoms with E-state index in [1.54, 1.807) is 18.2 Å². The quantitative estimate of drug-likeness (QED) is 0.789. The van der Waals surface area contributed by atoms with Crippen LogP contribution in [0, 0.1) is 5.82 Å². The Balaban J connectivity index is 2.48. The van der Waals surface area contributed by atoms with E-state index in [0.29, 0.717) is 5.69 Å². The summed E-state index contributed by atoms with van der Waals surface area (Å²) in [4.78, 5) is 11.7. The van der Waals surface area contributed by atoms with Gasteiger partial charge in [0.25, 0.3) is 0 Å². The zero-order valence-electron chi connectivity index (χ0n) is 11.2. The molecule has 0 saturated carbocycles. The molecular weight excluding hydrogens is 245 g/mol. The second-order valence-corrected chi connectivity index (χ2v) is 4.61. The van der Waals surface area contributed by atoms with E-state index in [1.807, 2.05) is 24.6 Å². The number of benzene rings is 1. The largest absolute Gasteiger partial charge is 0.464 e. The number of nitrogens with zero attached hydrogens (tertiary/aromatic N) is 1. The lowest BCUT2D eigenvalue weighted by atomic mass is 10.1. The first-order chi connectivity index (χ1) is 9.02. The third-order valence-electron chi connectivity index (χ3n) is 2.98. The van der Waals surface area contributed by atoms with Crippen LogP contribution in [0.15, 0.2) is 36.5 Å². The lowest BCUT2D eigenvalue weighted by molar-refractivity contribution is 0.0587. The van der Waals surface area contributed by atoms with Gasteiger partial charge in [-0.1, -0.05) is 12.1 Å². The smallest absolute Gasteiger partial charge is 0.354 e. The zero-order valence-corrected chi connectivity index (χ0v) is 11.2. The topological polar surface area (TPSA) is 31.2 Å². The Morgan fingerprint density at radius 2 is 1.84 bits per heavy atom. The van der Waals surface area contributed by atoms with Crippen LogP contribution in [-0.4, -0.2) is 17.6 Å². The monoisotopic (exact) mass is 261 g/mol. The maximum absolute atomic E-state index is 12.9. The van der Waals surface area contributed by atoms with Crippen molar-refractivity contribution in [3.63, 3.8) is 0 Å². The van der Waals surface area contributed by atoms with E-state index in [9.17, 15) is 9.18 Å². The van der Waals surface area contributed by atoms with Gasteiger partial charge in [0.15, 0.2) is 0 Å². The molecule has 1 heterocycles. The molecule has 2 aromatic rings. The number of carbonyl (C=O) groups is 1. The van der Waals surface area contributed by atoms with Crippen molar-refractivity contribution in [2.45, 2.75) is 19.9 Å². The molecule has 0 fully saturated rings. The third kappa shape index (κ3) is 2.67. The van der Waals surface area contributed by atoms with E-state index < -0.39 is 0 Å². The molecule has 1 aromatic carbocycles. The van der Waals surface area contributed by atoms with Gasteiger partial charge in [-0.05, 0) is 37.6 Å². The molecule has 0 spiro atoms. The minimum Gasteiger partial charge on any atom is -0.464 e. The predicted octanol–water partition coefficient (Wildman–Crippen LogP) is 3.66. The van der Waals surface area contributed by atoms with Crippen molar-refractivity contribution in [1.29, 1.82) is 0 Å². The minimum absolute atomic E-state index is 0.142. The standard InChI is InChI=1S/C15H16FNO2/c1-10(2)17-9-12(8-14(17)15(18)19-3)11-4-6-13(16)7-5-11/h4-10H,1-3H3. The Bertz CT molecular complexity index is 585. The van der Waals surface area contributed by atoms with Crippen LogP contribution in [0.2, 0.25) is 0 Å². The summed E-state index contributed by atoms with van der Waals surface area (Å²) in [6.07, 6.45) is 1.88. The van der Waals surface area contributed by atoms with Gasteiger partial charge in [-0.15, -0.1) is 0 Å². The molecule has 2 rings (SSSR count). The summed E-state index contributed by atoms with van der Waals surface area (Å²) in [5.41, 5.74) is 2.23. The molecule has 19 heavy (non-hydrogen) atoms. The van der Waals surface area contributed by atoms with Crippen LogP contribution in [-0.2, 0) is 4.74 Å². The van der Waals surface area contributed by atoms with Crippen LogP contribution in [0.3, 0.4) is 0 Å². The molecule has 0 aliphatic carbocycles. The molecule has 0 amide bonds. The van der Waals surface area contributed by atoms with E-state index in [0.717, 1.165) is 11.1 Å². The Hall–Kier alpha value is -2.10. The van der Waals surface area contributed by atoms with Gasteiger partial charge in [-0.2, -0.15) is 0 Å². The van der Waals surface area contributed by atoms with Crippen molar-refractivity contribution in [1.82, 2.24) is 4.57 Å². The molecule has 100 valence electrons. The molecule has 0 atom stereocenters. The van der Waals surface area contributed by atoms with Gasteiger partial charge in [0.1, 0.15) is 11.5 Å². The van der Waals surface area contributed by atoms with E-state index in [-0.39, 0.29) is 17.8 Å². The average Bonchev–Trinajstić information content (AvgIpc) is 2.84. The molecule has 0 unspecified atom stereocenters. The Morgan fingerprint density at radius 3 is 2.37 bits per heavy atom. The normalized spacial score (nSPS) is 10.8. The summed E-state index contributed by atoms with van der Waals surface area (Å²) in [6, 6.07) is 8.09. The molecule has 0 saturated heterocycles. The summed E-state index contributed by atoms with van der Waals surface area (Å²) < 4.78 is 19.5. The van der Waals surface area contributed by atoms with Gasteiger partial charge < -0.3 is 9.30 Å². The predicted molar refractivity (Wildman–Crippen MR) is 71.6 cm³/mol. The number of ether oxygens (including phenoxy) is 1. The summed E-state index contributed by atoms with van der Waals surface area (Å²) in [6.45, 7) is 3.97. The van der Waals surface area contributed by atoms with Gasteiger partial charge in [-0.3, -0.25) is 0 Å². The molecule has 4 heteroatoms. The molecule has 3 nitrogen and oxygen atoms in total. The van der Waals surface area contributed by atoms with Crippen LogP contribution in [0.4, 0.5) is 4.39 Å². The first-order valence-electron chi connectivity index (χ1n) is 6.09. The van der Waals surface area contributed by atoms with E-state index in [1.165, 1.54) is 19.2 Å². The number of methoxy groups -OCH3 is 1. The first-order valence-corrected chi connectivity index (χ1v) is 6.09. The number of esters is 1. The van der Waals surface area contributed by atoms with Crippen molar-refractivity contribution in [2.24, 2.45) is 0 Å². The van der Waals surface area contributed by atoms with Crippen LogP contribution < -0.4 is 0 Å². The number of rotatable bonds is 3. The SMILES string of the molecule is COC(=O)c1cc(-c2ccc(F)cc2)cn1C(C)C. The summed E-state index contributed by atoms with van der Waals surface area (Å²) in [7, 11) is 1.36. The van der Waals surface area contributed by atoms with Gasteiger partial charge >= 0.3 is 5.97 Å². The summed E-state index contributed by atoms with van der Waals surface area (Å²) >= 11 is 0. The maximum Gasteiger partial charge on any atom is 0.354 e. The third-order valence-corrected chi connectivity index (χ3v) is 2.98. The number of halogens is 1. The van der Waals surface area contributed by atoms with Crippen molar-refractivity contribution in [3.8, 4) is 11.1 Å². The van der Waals surface area contributed by atoms with Gasteiger partial charge in [0.05, 0.1) is 7.11 Å². The maximum atomic E-state index is 12.9. The molecule has 0 radical (unpaired) electrons. The van der Waals surface area contributed by atoms with Crippen molar-refractivity contribution >= 4 is 5.97 Å². The molecule has 0 aliphatic rings. The molecule has 0 N–H and O–H groups in total. The molecule has 0 aliphatic heterocycles. The second kappa shape index (κ2) is 5.26. The highest BCUT2D eigenvalue weighted by atomic mass is 19.1. The van der Waals surface area contributed by atoms with Crippen LogP contribution in [0.25, 0.3) is 11.1 Å². The second-order valence-electron chi connectivity index (χ2n) is 4.61. The van der Waals surface area contributed by atoms with Crippen molar-refractivity contribution in [3.05, 3.63) is 48.0 Å². The number of hydrogen-bond donors (Lipinski definition) is 0. The van der Waals surface area contributed by atoms with Gasteiger partial charge in [0, 0.05) is 17.8 Å². The number of aromatic nitrogens is 1. The summed E-state index contributed by atoms with van der Waals surface area (Å²) in [5.74, 6) is -0.651. The van der Waals surface area contributed by atoms with E-state index in [2.05, 4.69) is 0 Å². The van der Waals surface area contributed by atoms with Crippen molar-refractivity contribution in [2.75, 3.05) is 7.11 Å². The highest BCUT2D eigenvalue weighted by Gasteiger charge is 2.16. The van der Waals surface area contributed by atoms with Crippen LogP contribution >= 0.6 is 0 Å². The highest BCUT2D eigenvalue weighted by molar-refractivity contribution is 5.89. The van der Waals surface area contributed by atoms with E-state index >= 15 is 0 Å². The number of carbonyl (C=O) groups excluding carboxylic acids is 1. The summed E-state index contributed by atoms with van der Waals surface area (Å²) in [5, 5.41) is 0. The molecular formula is C15H16FNO2. The first kappa shape index (κ1) is 13.3. The fourth-order valence-electron chi connectivity index (χ4n) is 1.97. The molecule has 1 aromatic heterocycles. The Morgan fingerprint density at radius 1 is 1.21 bits per heavy atom. The van der Waals surface area contributed by atoms with Gasteiger partial charge in [-0.25, -0.2) is 9.18 Å². The average molecular weight is 261 g/mol. The van der Waals surface area contributed by atoms with E-state index in [4.69, 9.17) is 4.74 Å². The Kier molecular flexibility index (Phi) is 3.69. The fourth-order valence-corrected chi connectivity index (χ4v) is 1.97. The lowest BCUT2D eigenvalue weighted by Gasteiger charge is -2.10. The Labute approximate surface area is 111 Å².